The van der Waals surface area contributed by atoms with Gasteiger partial charge in [-0.15, -0.1) is 5.10 Å². The lowest BCUT2D eigenvalue weighted by Crippen LogP contribution is -2.44. The molecule has 10 nitrogen and oxygen atoms in total. The summed E-state index contributed by atoms with van der Waals surface area (Å²) in [6.45, 7) is 3.66. The maximum Gasteiger partial charge on any atom is 0.158 e. The van der Waals surface area contributed by atoms with Gasteiger partial charge in [-0.1, -0.05) is 40.7 Å². The van der Waals surface area contributed by atoms with E-state index >= 15 is 0 Å². The van der Waals surface area contributed by atoms with E-state index < -0.39 is 0 Å². The summed E-state index contributed by atoms with van der Waals surface area (Å²) >= 11 is 7.60. The average molecular weight is 549 g/mol. The molecule has 1 fully saturated rings. The summed E-state index contributed by atoms with van der Waals surface area (Å²) in [7, 11) is 1.92. The van der Waals surface area contributed by atoms with Crippen molar-refractivity contribution in [3.05, 3.63) is 58.5 Å². The zero-order chi connectivity index (χ0) is 26.6. The van der Waals surface area contributed by atoms with E-state index in [0.29, 0.717) is 15.9 Å². The molecule has 3 aromatic heterocycles. The van der Waals surface area contributed by atoms with Gasteiger partial charge in [-0.3, -0.25) is 0 Å². The highest BCUT2D eigenvalue weighted by atomic mass is 35.5. The zero-order valence-corrected chi connectivity index (χ0v) is 22.8. The molecule has 1 spiro atoms. The van der Waals surface area contributed by atoms with Crippen molar-refractivity contribution in [3.8, 4) is 11.3 Å². The van der Waals surface area contributed by atoms with Crippen LogP contribution in [0.3, 0.4) is 0 Å². The second-order valence-corrected chi connectivity index (χ2v) is 11.5. The van der Waals surface area contributed by atoms with Crippen LogP contribution in [-0.4, -0.2) is 43.0 Å². The lowest BCUT2D eigenvalue weighted by molar-refractivity contribution is 0.187. The summed E-state index contributed by atoms with van der Waals surface area (Å²) < 4.78 is 1.82. The second kappa shape index (κ2) is 9.40. The van der Waals surface area contributed by atoms with Gasteiger partial charge in [0.1, 0.15) is 16.7 Å². The van der Waals surface area contributed by atoms with Crippen LogP contribution in [0.1, 0.15) is 35.7 Å². The molecule has 1 aromatic carbocycles. The molecule has 12 heteroatoms. The minimum atomic E-state index is -0.0198. The molecule has 0 amide bonds. The number of hydrogen-bond acceptors (Lipinski definition) is 10. The Morgan fingerprint density at radius 3 is 2.61 bits per heavy atom. The molecule has 4 heterocycles. The zero-order valence-electron chi connectivity index (χ0n) is 21.2. The lowest BCUT2D eigenvalue weighted by Gasteiger charge is -2.42. The molecule has 4 aromatic rings. The van der Waals surface area contributed by atoms with E-state index in [1.54, 1.807) is 18.5 Å². The molecule has 0 saturated carbocycles. The maximum atomic E-state index is 6.95. The van der Waals surface area contributed by atoms with Gasteiger partial charge in [-0.25, -0.2) is 19.6 Å². The van der Waals surface area contributed by atoms with E-state index in [1.165, 1.54) is 22.9 Å². The summed E-state index contributed by atoms with van der Waals surface area (Å²) in [5.41, 5.74) is 24.7. The first-order valence-electron chi connectivity index (χ1n) is 12.5. The summed E-state index contributed by atoms with van der Waals surface area (Å²) in [5.74, 6) is 1.40. The molecule has 0 radical (unpaired) electrons. The molecule has 1 saturated heterocycles. The van der Waals surface area contributed by atoms with Gasteiger partial charge in [-0.2, -0.15) is 0 Å². The first-order valence-corrected chi connectivity index (χ1v) is 13.7. The first kappa shape index (κ1) is 24.9. The number of pyridine rings is 1. The smallest absolute Gasteiger partial charge is 0.158 e. The standard InChI is InChI=1S/C26H29ClN10S/c1-14-21(36(2)35-34-14)15-3-4-16-12-26(22(28)17(16)11-15)6-9-37(10-7-26)19-13-32-25(24(30)33-19)38-18-5-8-31-23(29)20(18)27/h3-5,8,11,13,22H,6-7,9-10,12,28H2,1-2H3,(H2,29,31)(H2,30,33)/t22-/m1/s1. The van der Waals surface area contributed by atoms with Crippen molar-refractivity contribution in [2.75, 3.05) is 29.5 Å². The van der Waals surface area contributed by atoms with Crippen LogP contribution in [0.2, 0.25) is 5.02 Å². The maximum absolute atomic E-state index is 6.95. The van der Waals surface area contributed by atoms with Gasteiger partial charge >= 0.3 is 0 Å². The Morgan fingerprint density at radius 2 is 1.89 bits per heavy atom. The highest BCUT2D eigenvalue weighted by molar-refractivity contribution is 7.99. The van der Waals surface area contributed by atoms with Crippen molar-refractivity contribution in [1.29, 1.82) is 0 Å². The number of benzene rings is 1. The number of fused-ring (bicyclic) bond motifs is 1. The highest BCUT2D eigenvalue weighted by Crippen LogP contribution is 2.51. The monoisotopic (exact) mass is 548 g/mol. The van der Waals surface area contributed by atoms with Crippen LogP contribution in [0.25, 0.3) is 11.3 Å². The molecule has 196 valence electrons. The fourth-order valence-corrected chi connectivity index (χ4v) is 6.79. The Hall–Kier alpha value is -3.41. The van der Waals surface area contributed by atoms with E-state index in [1.807, 2.05) is 18.7 Å². The summed E-state index contributed by atoms with van der Waals surface area (Å²) in [5, 5.41) is 9.33. The number of piperidine rings is 1. The van der Waals surface area contributed by atoms with Gasteiger partial charge in [0.25, 0.3) is 0 Å². The number of nitrogens with zero attached hydrogens (tertiary/aromatic N) is 7. The largest absolute Gasteiger partial charge is 0.382 e. The van der Waals surface area contributed by atoms with Crippen LogP contribution >= 0.6 is 23.4 Å². The SMILES string of the molecule is Cc1nnn(C)c1-c1ccc2c(c1)[C@@H](N)C1(CCN(c3cnc(Sc4ccnc(N)c4Cl)c(N)n3)CC1)C2. The number of rotatable bonds is 4. The molecule has 38 heavy (non-hydrogen) atoms. The third-order valence-corrected chi connectivity index (χ3v) is 9.45. The van der Waals surface area contributed by atoms with Gasteiger partial charge < -0.3 is 22.1 Å². The minimum Gasteiger partial charge on any atom is -0.382 e. The molecule has 6 rings (SSSR count). The molecule has 0 bridgehead atoms. The lowest BCUT2D eigenvalue weighted by atomic mass is 9.73. The molecule has 0 unspecified atom stereocenters. The van der Waals surface area contributed by atoms with Gasteiger partial charge in [0.15, 0.2) is 5.82 Å². The summed E-state index contributed by atoms with van der Waals surface area (Å²) in [6, 6.07) is 8.38. The molecule has 1 atom stereocenters. The minimum absolute atomic E-state index is 0.0198. The Bertz CT molecular complexity index is 1510. The highest BCUT2D eigenvalue weighted by Gasteiger charge is 2.46. The van der Waals surface area contributed by atoms with Crippen molar-refractivity contribution in [2.24, 2.45) is 18.2 Å². The molecular weight excluding hydrogens is 520 g/mol. The Labute approximate surface area is 230 Å². The van der Waals surface area contributed by atoms with Crippen LogP contribution in [0.4, 0.5) is 17.5 Å². The third-order valence-electron chi connectivity index (χ3n) is 7.87. The molecular formula is C26H29ClN10S. The predicted octanol–water partition coefficient (Wildman–Crippen LogP) is 3.79. The van der Waals surface area contributed by atoms with E-state index in [-0.39, 0.29) is 17.3 Å². The van der Waals surface area contributed by atoms with Crippen LogP contribution in [0.15, 0.2) is 46.6 Å². The number of aromatic nitrogens is 6. The fraction of sp³-hybridized carbons (Fsp3) is 0.346. The van der Waals surface area contributed by atoms with Crippen LogP contribution in [-0.2, 0) is 13.5 Å². The van der Waals surface area contributed by atoms with Crippen molar-refractivity contribution >= 4 is 40.8 Å². The first-order chi connectivity index (χ1) is 18.3. The number of anilines is 3. The second-order valence-electron chi connectivity index (χ2n) is 10.1. The number of halogens is 1. The van der Waals surface area contributed by atoms with Gasteiger partial charge in [0, 0.05) is 42.8 Å². The molecule has 1 aliphatic carbocycles. The number of nitrogens with two attached hydrogens (primary N) is 3. The average Bonchev–Trinajstić information content (AvgIpc) is 3.38. The van der Waals surface area contributed by atoms with Crippen molar-refractivity contribution in [3.63, 3.8) is 0 Å². The van der Waals surface area contributed by atoms with E-state index in [4.69, 9.17) is 28.8 Å². The Balaban J connectivity index is 1.17. The quantitative estimate of drug-likeness (QED) is 0.343. The molecule has 6 N–H and O–H groups in total. The Kier molecular flexibility index (Phi) is 6.16. The van der Waals surface area contributed by atoms with E-state index in [0.717, 1.165) is 60.0 Å². The summed E-state index contributed by atoms with van der Waals surface area (Å²) in [4.78, 5) is 16.2. The van der Waals surface area contributed by atoms with Crippen LogP contribution in [0, 0.1) is 12.3 Å². The number of hydrogen-bond donors (Lipinski definition) is 3. The summed E-state index contributed by atoms with van der Waals surface area (Å²) in [6.07, 6.45) is 6.30. The topological polar surface area (TPSA) is 151 Å². The van der Waals surface area contributed by atoms with E-state index in [2.05, 4.69) is 48.4 Å². The van der Waals surface area contributed by atoms with Gasteiger partial charge in [-0.05, 0) is 54.9 Å². The Morgan fingerprint density at radius 1 is 1.11 bits per heavy atom. The molecule has 1 aliphatic heterocycles. The third kappa shape index (κ3) is 4.14. The van der Waals surface area contributed by atoms with Gasteiger partial charge in [0.2, 0.25) is 0 Å². The number of aryl methyl sites for hydroxylation is 2. The van der Waals surface area contributed by atoms with Crippen molar-refractivity contribution < 1.29 is 0 Å². The predicted molar refractivity (Wildman–Crippen MR) is 150 cm³/mol. The van der Waals surface area contributed by atoms with E-state index in [9.17, 15) is 0 Å². The van der Waals surface area contributed by atoms with Crippen LogP contribution in [0.5, 0.6) is 0 Å². The fourth-order valence-electron chi connectivity index (χ4n) is 5.77. The molecule has 2 aliphatic rings. The normalized spacial score (nSPS) is 18.2. The van der Waals surface area contributed by atoms with Crippen molar-refractivity contribution in [1.82, 2.24) is 29.9 Å². The van der Waals surface area contributed by atoms with Crippen LogP contribution < -0.4 is 22.1 Å². The number of nitrogen functional groups attached to an aromatic ring is 2. The van der Waals surface area contributed by atoms with Gasteiger partial charge in [0.05, 0.1) is 22.6 Å². The van der Waals surface area contributed by atoms with Crippen molar-refractivity contribution in [2.45, 2.75) is 42.1 Å².